The van der Waals surface area contributed by atoms with Gasteiger partial charge in [-0.2, -0.15) is 0 Å². The molecule has 26 heavy (non-hydrogen) atoms. The van der Waals surface area contributed by atoms with Crippen LogP contribution < -0.4 is 0 Å². The highest BCUT2D eigenvalue weighted by atomic mass is 16.6. The summed E-state index contributed by atoms with van der Waals surface area (Å²) in [5, 5.41) is 0. The molecule has 0 atom stereocenters. The topological polar surface area (TPSA) is 55.8 Å². The number of hydrogen-bond acceptors (Lipinski definition) is 4. The number of nitrogens with zero attached hydrogens (tertiary/aromatic N) is 1. The summed E-state index contributed by atoms with van der Waals surface area (Å²) in [6.45, 7) is 13.8. The van der Waals surface area contributed by atoms with Gasteiger partial charge < -0.3 is 9.47 Å². The van der Waals surface area contributed by atoms with E-state index in [0.29, 0.717) is 19.4 Å². The van der Waals surface area contributed by atoms with E-state index in [9.17, 15) is 9.59 Å². The number of carbonyl (C=O) groups excluding carboxylic acids is 2. The van der Waals surface area contributed by atoms with Crippen molar-refractivity contribution in [3.8, 4) is 0 Å². The maximum Gasteiger partial charge on any atom is 0.419 e. The van der Waals surface area contributed by atoms with E-state index in [4.69, 9.17) is 9.47 Å². The molecule has 0 radical (unpaired) electrons. The van der Waals surface area contributed by atoms with Crippen LogP contribution in [0.3, 0.4) is 0 Å². The summed E-state index contributed by atoms with van der Waals surface area (Å²) in [6.07, 6.45) is 7.98. The van der Waals surface area contributed by atoms with Crippen LogP contribution in [0, 0.1) is 0 Å². The van der Waals surface area contributed by atoms with E-state index in [1.165, 1.54) is 25.7 Å². The molecule has 2 amide bonds. The summed E-state index contributed by atoms with van der Waals surface area (Å²) in [5.74, 6) is 0. The Hall–Kier alpha value is -1.26. The zero-order chi connectivity index (χ0) is 20.2. The fraction of sp³-hybridized carbons (Fsp3) is 0.905. The van der Waals surface area contributed by atoms with Crippen molar-refractivity contribution in [2.24, 2.45) is 0 Å². The summed E-state index contributed by atoms with van der Waals surface area (Å²) in [5.41, 5.74) is -1.20. The maximum atomic E-state index is 12.5. The highest BCUT2D eigenvalue weighted by molar-refractivity contribution is 5.88. The minimum Gasteiger partial charge on any atom is -0.443 e. The Balaban J connectivity index is 4.73. The molecule has 0 unspecified atom stereocenters. The van der Waals surface area contributed by atoms with Crippen molar-refractivity contribution >= 4 is 12.2 Å². The molecule has 0 saturated carbocycles. The molecular formula is C21H41NO4. The SMILES string of the molecule is CCCCCCCCCN(C(=O)OC(C)(C)CC)C(=O)OC(C)(C)CC. The van der Waals surface area contributed by atoms with Crippen LogP contribution in [0.2, 0.25) is 0 Å². The Morgan fingerprint density at radius 2 is 1.08 bits per heavy atom. The number of carbonyl (C=O) groups is 2. The van der Waals surface area contributed by atoms with Crippen LogP contribution in [-0.4, -0.2) is 34.8 Å². The van der Waals surface area contributed by atoms with E-state index in [-0.39, 0.29) is 0 Å². The van der Waals surface area contributed by atoms with Gasteiger partial charge in [0.1, 0.15) is 11.2 Å². The van der Waals surface area contributed by atoms with Crippen LogP contribution in [0.1, 0.15) is 106 Å². The van der Waals surface area contributed by atoms with Crippen molar-refractivity contribution in [1.29, 1.82) is 0 Å². The van der Waals surface area contributed by atoms with Crippen LogP contribution in [0.15, 0.2) is 0 Å². The molecule has 0 rings (SSSR count). The third-order valence-electron chi connectivity index (χ3n) is 4.86. The van der Waals surface area contributed by atoms with Gasteiger partial charge in [0.25, 0.3) is 0 Å². The fourth-order valence-corrected chi connectivity index (χ4v) is 2.21. The lowest BCUT2D eigenvalue weighted by molar-refractivity contribution is -0.0114. The normalized spacial score (nSPS) is 12.0. The predicted molar refractivity (Wildman–Crippen MR) is 106 cm³/mol. The van der Waals surface area contributed by atoms with Gasteiger partial charge in [-0.15, -0.1) is 0 Å². The van der Waals surface area contributed by atoms with Crippen LogP contribution in [0.5, 0.6) is 0 Å². The van der Waals surface area contributed by atoms with Gasteiger partial charge in [-0.3, -0.25) is 0 Å². The van der Waals surface area contributed by atoms with Crippen molar-refractivity contribution in [3.05, 3.63) is 0 Å². The van der Waals surface area contributed by atoms with Crippen molar-refractivity contribution in [2.75, 3.05) is 6.54 Å². The molecule has 154 valence electrons. The molecule has 5 nitrogen and oxygen atoms in total. The van der Waals surface area contributed by atoms with Crippen LogP contribution in [0.4, 0.5) is 9.59 Å². The van der Waals surface area contributed by atoms with E-state index < -0.39 is 23.4 Å². The van der Waals surface area contributed by atoms with Crippen LogP contribution in [-0.2, 0) is 9.47 Å². The van der Waals surface area contributed by atoms with Crippen molar-refractivity contribution in [2.45, 2.75) is 117 Å². The molecule has 0 aromatic heterocycles. The van der Waals surface area contributed by atoms with Crippen molar-refractivity contribution in [3.63, 3.8) is 0 Å². The molecule has 0 fully saturated rings. The molecule has 0 spiro atoms. The van der Waals surface area contributed by atoms with E-state index in [2.05, 4.69) is 6.92 Å². The molecule has 0 aliphatic carbocycles. The number of ether oxygens (including phenoxy) is 2. The molecule has 0 aliphatic rings. The minimum absolute atomic E-state index is 0.338. The Kier molecular flexibility index (Phi) is 11.6. The standard InChI is InChI=1S/C21H41NO4/c1-8-11-12-13-14-15-16-17-22(18(23)25-20(4,5)9-2)19(24)26-21(6,7)10-3/h8-17H2,1-7H3. The van der Waals surface area contributed by atoms with Crippen LogP contribution >= 0.6 is 0 Å². The van der Waals surface area contributed by atoms with E-state index in [1.54, 1.807) is 0 Å². The number of unbranched alkanes of at least 4 members (excludes halogenated alkanes) is 6. The maximum absolute atomic E-state index is 12.5. The zero-order valence-corrected chi connectivity index (χ0v) is 18.2. The van der Waals surface area contributed by atoms with Crippen molar-refractivity contribution < 1.29 is 19.1 Å². The number of hydrogen-bond donors (Lipinski definition) is 0. The third-order valence-corrected chi connectivity index (χ3v) is 4.86. The summed E-state index contributed by atoms with van der Waals surface area (Å²) in [4.78, 5) is 26.2. The Morgan fingerprint density at radius 3 is 1.46 bits per heavy atom. The summed E-state index contributed by atoms with van der Waals surface area (Å²) < 4.78 is 11.0. The monoisotopic (exact) mass is 371 g/mol. The van der Waals surface area contributed by atoms with Gasteiger partial charge >= 0.3 is 12.2 Å². The molecule has 0 aromatic carbocycles. The van der Waals surface area contributed by atoms with Gasteiger partial charge in [-0.1, -0.05) is 59.3 Å². The third kappa shape index (κ3) is 10.7. The highest BCUT2D eigenvalue weighted by Gasteiger charge is 2.32. The van der Waals surface area contributed by atoms with Gasteiger partial charge in [-0.25, -0.2) is 14.5 Å². The first kappa shape index (κ1) is 24.7. The molecule has 0 heterocycles. The zero-order valence-electron chi connectivity index (χ0n) is 18.2. The van der Waals surface area contributed by atoms with E-state index in [1.807, 2.05) is 41.5 Å². The molecule has 0 saturated heterocycles. The second-order valence-electron chi connectivity index (χ2n) is 8.24. The van der Waals surface area contributed by atoms with E-state index in [0.717, 1.165) is 24.2 Å². The highest BCUT2D eigenvalue weighted by Crippen LogP contribution is 2.20. The van der Waals surface area contributed by atoms with Gasteiger partial charge in [0, 0.05) is 6.54 Å². The lowest BCUT2D eigenvalue weighted by Gasteiger charge is -2.30. The minimum atomic E-state index is -0.611. The average molecular weight is 372 g/mol. The first-order valence-corrected chi connectivity index (χ1v) is 10.3. The number of rotatable bonds is 12. The molecule has 5 heteroatoms. The van der Waals surface area contributed by atoms with Gasteiger partial charge in [0.05, 0.1) is 0 Å². The fourth-order valence-electron chi connectivity index (χ4n) is 2.21. The second kappa shape index (κ2) is 12.2. The first-order valence-electron chi connectivity index (χ1n) is 10.3. The Morgan fingerprint density at radius 1 is 0.692 bits per heavy atom. The Labute approximate surface area is 160 Å². The predicted octanol–water partition coefficient (Wildman–Crippen LogP) is 6.69. The summed E-state index contributed by atoms with van der Waals surface area (Å²) >= 11 is 0. The van der Waals surface area contributed by atoms with Gasteiger partial charge in [-0.05, 0) is 47.0 Å². The van der Waals surface area contributed by atoms with Crippen molar-refractivity contribution in [1.82, 2.24) is 4.90 Å². The number of imide groups is 1. The second-order valence-corrected chi connectivity index (χ2v) is 8.24. The molecule has 0 aromatic rings. The van der Waals surface area contributed by atoms with Crippen LogP contribution in [0.25, 0.3) is 0 Å². The largest absolute Gasteiger partial charge is 0.443 e. The van der Waals surface area contributed by atoms with E-state index >= 15 is 0 Å². The summed E-state index contributed by atoms with van der Waals surface area (Å²) in [6, 6.07) is 0. The molecule has 0 N–H and O–H groups in total. The molecule has 0 aliphatic heterocycles. The van der Waals surface area contributed by atoms with Gasteiger partial charge in [0.2, 0.25) is 0 Å². The smallest absolute Gasteiger partial charge is 0.419 e. The first-order chi connectivity index (χ1) is 12.1. The lowest BCUT2D eigenvalue weighted by atomic mass is 10.1. The summed E-state index contributed by atoms with van der Waals surface area (Å²) in [7, 11) is 0. The Bertz CT molecular complexity index is 388. The molecule has 0 bridgehead atoms. The lowest BCUT2D eigenvalue weighted by Crippen LogP contribution is -2.44. The quantitative estimate of drug-likeness (QED) is 0.359. The number of amides is 2. The average Bonchev–Trinajstić information content (AvgIpc) is 2.56. The van der Waals surface area contributed by atoms with Gasteiger partial charge in [0.15, 0.2) is 0 Å². The molecular weight excluding hydrogens is 330 g/mol.